The van der Waals surface area contributed by atoms with Crippen LogP contribution in [0.2, 0.25) is 0 Å². The lowest BCUT2D eigenvalue weighted by molar-refractivity contribution is 0.101. The number of anilines is 2. The van der Waals surface area contributed by atoms with Gasteiger partial charge in [0.05, 0.1) is 37.2 Å². The second kappa shape index (κ2) is 15.4. The highest BCUT2D eigenvalue weighted by Gasteiger charge is 2.10. The summed E-state index contributed by atoms with van der Waals surface area (Å²) < 4.78 is 11.1. The Morgan fingerprint density at radius 1 is 0.574 bits per heavy atom. The number of hydrogen-bond donors (Lipinski definition) is 2. The van der Waals surface area contributed by atoms with Gasteiger partial charge in [-0.2, -0.15) is 9.97 Å². The summed E-state index contributed by atoms with van der Waals surface area (Å²) in [6.07, 6.45) is 10.7. The van der Waals surface area contributed by atoms with E-state index in [9.17, 15) is 9.59 Å². The highest BCUT2D eigenvalue weighted by molar-refractivity contribution is 6.04. The number of ether oxygens (including phenoxy) is 2. The summed E-state index contributed by atoms with van der Waals surface area (Å²) in [6, 6.07) is 21.8. The van der Waals surface area contributed by atoms with Gasteiger partial charge >= 0.3 is 0 Å². The minimum absolute atomic E-state index is 0.248. The van der Waals surface area contributed by atoms with Crippen molar-refractivity contribution in [1.29, 1.82) is 0 Å². The Morgan fingerprint density at radius 2 is 1.13 bits per heavy atom. The van der Waals surface area contributed by atoms with Gasteiger partial charge in [-0.25, -0.2) is 0 Å². The van der Waals surface area contributed by atoms with Crippen molar-refractivity contribution in [2.75, 3.05) is 10.6 Å². The van der Waals surface area contributed by atoms with Crippen LogP contribution in [0.1, 0.15) is 37.5 Å². The maximum absolute atomic E-state index is 12.2. The molecule has 12 nitrogen and oxygen atoms in total. The molecule has 0 aliphatic heterocycles. The molecule has 0 saturated heterocycles. The largest absolute Gasteiger partial charge is 0.436 e. The van der Waals surface area contributed by atoms with Gasteiger partial charge in [0.25, 0.3) is 11.8 Å². The van der Waals surface area contributed by atoms with Crippen LogP contribution in [-0.4, -0.2) is 41.7 Å². The van der Waals surface area contributed by atoms with Crippen LogP contribution in [0, 0.1) is 20.8 Å². The monoisotopic (exact) mass is 626 g/mol. The van der Waals surface area contributed by atoms with E-state index in [0.29, 0.717) is 34.3 Å². The van der Waals surface area contributed by atoms with Crippen molar-refractivity contribution in [2.45, 2.75) is 20.8 Å². The van der Waals surface area contributed by atoms with E-state index in [2.05, 4.69) is 40.5 Å². The molecule has 2 amide bonds. The van der Waals surface area contributed by atoms with Gasteiger partial charge in [0.2, 0.25) is 11.8 Å². The van der Waals surface area contributed by atoms with Gasteiger partial charge in [-0.05, 0) is 69.3 Å². The number of aromatic nitrogens is 6. The van der Waals surface area contributed by atoms with Crippen molar-refractivity contribution in [3.05, 3.63) is 144 Å². The molecule has 4 aromatic heterocycles. The number of rotatable bonds is 8. The minimum atomic E-state index is -0.249. The Bertz CT molecular complexity index is 1970. The van der Waals surface area contributed by atoms with Crippen LogP contribution in [0.15, 0.2) is 116 Å². The molecule has 0 aliphatic carbocycles. The molecule has 2 N–H and O–H groups in total. The third-order valence-electron chi connectivity index (χ3n) is 6.23. The second-order valence-corrected chi connectivity index (χ2v) is 10.2. The summed E-state index contributed by atoms with van der Waals surface area (Å²) in [5.41, 5.74) is 4.04. The SMILES string of the molecule is Cc1cccc(C(=O)Nc2cncc(Oc3ccc(C)nc3)n2)c1.Cc1cccc(C(=O)Nc2cncc(Oc3cccnc3)n2)c1. The molecule has 0 spiro atoms. The van der Waals surface area contributed by atoms with Gasteiger partial charge in [-0.1, -0.05) is 35.4 Å². The first-order valence-electron chi connectivity index (χ1n) is 14.4. The van der Waals surface area contributed by atoms with Crippen molar-refractivity contribution in [3.63, 3.8) is 0 Å². The topological polar surface area (TPSA) is 154 Å². The van der Waals surface area contributed by atoms with E-state index in [1.165, 1.54) is 24.8 Å². The van der Waals surface area contributed by atoms with Crippen LogP contribution in [0.3, 0.4) is 0 Å². The number of hydrogen-bond acceptors (Lipinski definition) is 10. The zero-order chi connectivity index (χ0) is 33.0. The van der Waals surface area contributed by atoms with E-state index in [0.717, 1.165) is 16.8 Å². The fourth-order valence-corrected chi connectivity index (χ4v) is 4.03. The Labute approximate surface area is 271 Å². The van der Waals surface area contributed by atoms with E-state index in [1.807, 2.05) is 51.1 Å². The van der Waals surface area contributed by atoms with E-state index in [1.54, 1.807) is 61.1 Å². The van der Waals surface area contributed by atoms with E-state index in [4.69, 9.17) is 9.47 Å². The summed E-state index contributed by atoms with van der Waals surface area (Å²) in [4.78, 5) is 49.1. The normalized spacial score (nSPS) is 10.2. The van der Waals surface area contributed by atoms with Crippen molar-refractivity contribution < 1.29 is 19.1 Å². The van der Waals surface area contributed by atoms with Gasteiger partial charge in [-0.15, -0.1) is 0 Å². The van der Waals surface area contributed by atoms with Crippen LogP contribution >= 0.6 is 0 Å². The molecule has 0 atom stereocenters. The molecule has 6 aromatic rings. The number of benzene rings is 2. The quantitative estimate of drug-likeness (QED) is 0.185. The van der Waals surface area contributed by atoms with Gasteiger partial charge in [0, 0.05) is 23.0 Å². The first kappa shape index (κ1) is 31.9. The summed E-state index contributed by atoms with van der Waals surface area (Å²) in [5.74, 6) is 1.80. The maximum Gasteiger partial charge on any atom is 0.256 e. The van der Waals surface area contributed by atoms with Gasteiger partial charge in [0.1, 0.15) is 11.5 Å². The number of carbonyl (C=O) groups is 2. The Kier molecular flexibility index (Phi) is 10.5. The number of aryl methyl sites for hydroxylation is 3. The number of nitrogens with one attached hydrogen (secondary N) is 2. The van der Waals surface area contributed by atoms with Crippen molar-refractivity contribution in [3.8, 4) is 23.3 Å². The molecular formula is C35H30N8O4. The average molecular weight is 627 g/mol. The number of carbonyl (C=O) groups excluding carboxylic acids is 2. The van der Waals surface area contributed by atoms with E-state index in [-0.39, 0.29) is 23.6 Å². The maximum atomic E-state index is 12.2. The molecule has 0 saturated carbocycles. The third kappa shape index (κ3) is 9.71. The number of nitrogens with zero attached hydrogens (tertiary/aromatic N) is 6. The molecular weight excluding hydrogens is 596 g/mol. The molecule has 0 unspecified atom stereocenters. The average Bonchev–Trinajstić information content (AvgIpc) is 3.07. The van der Waals surface area contributed by atoms with Crippen molar-refractivity contribution in [1.82, 2.24) is 29.9 Å². The smallest absolute Gasteiger partial charge is 0.256 e. The molecule has 0 bridgehead atoms. The lowest BCUT2D eigenvalue weighted by Crippen LogP contribution is -2.13. The predicted octanol–water partition coefficient (Wildman–Crippen LogP) is 6.76. The second-order valence-electron chi connectivity index (χ2n) is 10.2. The van der Waals surface area contributed by atoms with Crippen LogP contribution in [0.5, 0.6) is 23.3 Å². The van der Waals surface area contributed by atoms with Crippen LogP contribution in [-0.2, 0) is 0 Å². The van der Waals surface area contributed by atoms with Crippen LogP contribution in [0.25, 0.3) is 0 Å². The fourth-order valence-electron chi connectivity index (χ4n) is 4.03. The first-order valence-corrected chi connectivity index (χ1v) is 14.4. The Morgan fingerprint density at radius 3 is 1.60 bits per heavy atom. The summed E-state index contributed by atoms with van der Waals surface area (Å²) in [7, 11) is 0. The third-order valence-corrected chi connectivity index (χ3v) is 6.23. The van der Waals surface area contributed by atoms with Crippen LogP contribution < -0.4 is 20.1 Å². The fraction of sp³-hybridized carbons (Fsp3) is 0.0857. The van der Waals surface area contributed by atoms with Crippen molar-refractivity contribution >= 4 is 23.5 Å². The molecule has 0 radical (unpaired) electrons. The predicted molar refractivity (Wildman–Crippen MR) is 176 cm³/mol. The van der Waals surface area contributed by atoms with E-state index < -0.39 is 0 Å². The summed E-state index contributed by atoms with van der Waals surface area (Å²) >= 11 is 0. The molecule has 6 rings (SSSR count). The molecule has 0 aliphatic rings. The Hall–Kier alpha value is -6.56. The number of pyridine rings is 2. The van der Waals surface area contributed by atoms with Crippen molar-refractivity contribution in [2.24, 2.45) is 0 Å². The highest BCUT2D eigenvalue weighted by Crippen LogP contribution is 2.20. The molecule has 2 aromatic carbocycles. The van der Waals surface area contributed by atoms with E-state index >= 15 is 0 Å². The standard InChI is InChI=1S/C18H16N4O2.C17H14N4O2/c1-12-4-3-5-14(8-12)18(23)22-16-10-19-11-17(21-16)24-15-7-6-13(2)20-9-15;1-12-4-2-5-13(8-12)17(22)21-15-10-19-11-16(20-15)23-14-6-3-7-18-9-14/h3-11H,1-2H3,(H,21,22,23);2-11H,1H3,(H,20,21,22). The zero-order valence-corrected chi connectivity index (χ0v) is 25.8. The first-order chi connectivity index (χ1) is 22.8. The molecule has 4 heterocycles. The zero-order valence-electron chi connectivity index (χ0n) is 25.8. The van der Waals surface area contributed by atoms with Gasteiger partial charge in [0.15, 0.2) is 11.6 Å². The lowest BCUT2D eigenvalue weighted by Gasteiger charge is -2.07. The van der Waals surface area contributed by atoms with Gasteiger partial charge < -0.3 is 20.1 Å². The molecule has 12 heteroatoms. The van der Waals surface area contributed by atoms with Gasteiger partial charge in [-0.3, -0.25) is 29.5 Å². The van der Waals surface area contributed by atoms with Crippen LogP contribution in [0.4, 0.5) is 11.6 Å². The lowest BCUT2D eigenvalue weighted by atomic mass is 10.1. The highest BCUT2D eigenvalue weighted by atomic mass is 16.5. The minimum Gasteiger partial charge on any atom is -0.436 e. The molecule has 47 heavy (non-hydrogen) atoms. The Balaban J connectivity index is 0.000000185. The summed E-state index contributed by atoms with van der Waals surface area (Å²) in [5, 5.41) is 5.42. The molecule has 234 valence electrons. The molecule has 0 fully saturated rings. The summed E-state index contributed by atoms with van der Waals surface area (Å²) in [6.45, 7) is 5.75. The number of amides is 2.